The summed E-state index contributed by atoms with van der Waals surface area (Å²) in [6.45, 7) is 3.54. The third-order valence-corrected chi connectivity index (χ3v) is 3.27. The van der Waals surface area contributed by atoms with Crippen molar-refractivity contribution >= 4 is 11.3 Å². The van der Waals surface area contributed by atoms with Crippen molar-refractivity contribution in [1.82, 2.24) is 5.32 Å². The van der Waals surface area contributed by atoms with Crippen LogP contribution in [0.5, 0.6) is 0 Å². The quantitative estimate of drug-likeness (QED) is 0.855. The minimum absolute atomic E-state index is 0.169. The Morgan fingerprint density at radius 3 is 2.88 bits per heavy atom. The minimum atomic E-state index is -0.169. The van der Waals surface area contributed by atoms with E-state index in [0.717, 1.165) is 17.7 Å². The zero-order chi connectivity index (χ0) is 11.4. The summed E-state index contributed by atoms with van der Waals surface area (Å²) in [4.78, 5) is 0. The summed E-state index contributed by atoms with van der Waals surface area (Å²) in [5, 5.41) is 7.49. The van der Waals surface area contributed by atoms with E-state index in [4.69, 9.17) is 0 Å². The van der Waals surface area contributed by atoms with E-state index in [1.54, 1.807) is 17.4 Å². The molecule has 1 aromatic heterocycles. The van der Waals surface area contributed by atoms with E-state index in [0.29, 0.717) is 6.54 Å². The second-order valence-corrected chi connectivity index (χ2v) is 4.59. The highest BCUT2D eigenvalue weighted by molar-refractivity contribution is 7.07. The first-order valence-corrected chi connectivity index (χ1v) is 6.17. The van der Waals surface area contributed by atoms with Gasteiger partial charge in [0.1, 0.15) is 5.82 Å². The van der Waals surface area contributed by atoms with Crippen molar-refractivity contribution in [3.63, 3.8) is 0 Å². The molecule has 84 valence electrons. The van der Waals surface area contributed by atoms with Gasteiger partial charge in [0.15, 0.2) is 0 Å². The van der Waals surface area contributed by atoms with Crippen molar-refractivity contribution in [3.05, 3.63) is 57.5 Å². The lowest BCUT2D eigenvalue weighted by atomic mass is 10.1. The van der Waals surface area contributed by atoms with Crippen molar-refractivity contribution in [1.29, 1.82) is 0 Å². The van der Waals surface area contributed by atoms with Crippen LogP contribution in [0.15, 0.2) is 35.0 Å². The lowest BCUT2D eigenvalue weighted by Gasteiger charge is -2.07. The molecule has 0 saturated heterocycles. The van der Waals surface area contributed by atoms with E-state index in [1.807, 2.05) is 13.0 Å². The predicted molar refractivity (Wildman–Crippen MR) is 66.0 cm³/mol. The van der Waals surface area contributed by atoms with Crippen LogP contribution in [0.2, 0.25) is 0 Å². The van der Waals surface area contributed by atoms with Crippen molar-refractivity contribution < 1.29 is 4.39 Å². The van der Waals surface area contributed by atoms with E-state index >= 15 is 0 Å². The van der Waals surface area contributed by atoms with E-state index in [-0.39, 0.29) is 5.82 Å². The Hall–Kier alpha value is -1.19. The van der Waals surface area contributed by atoms with Gasteiger partial charge in [-0.05, 0) is 52.6 Å². The Bertz CT molecular complexity index is 451. The maximum Gasteiger partial charge on any atom is 0.123 e. The maximum atomic E-state index is 13.0. The van der Waals surface area contributed by atoms with Crippen molar-refractivity contribution in [2.24, 2.45) is 0 Å². The number of nitrogens with one attached hydrogen (secondary N) is 1. The Kier molecular flexibility index (Phi) is 3.70. The van der Waals surface area contributed by atoms with Gasteiger partial charge in [-0.2, -0.15) is 11.3 Å². The summed E-state index contributed by atoms with van der Waals surface area (Å²) in [7, 11) is 0. The number of aryl methyl sites for hydroxylation is 1. The molecule has 2 rings (SSSR count). The molecular weight excluding hydrogens is 221 g/mol. The second kappa shape index (κ2) is 5.23. The first kappa shape index (κ1) is 11.3. The Labute approximate surface area is 98.9 Å². The highest BCUT2D eigenvalue weighted by Crippen LogP contribution is 2.10. The van der Waals surface area contributed by atoms with E-state index in [9.17, 15) is 4.39 Å². The maximum absolute atomic E-state index is 13.0. The van der Waals surface area contributed by atoms with E-state index < -0.39 is 0 Å². The fourth-order valence-corrected chi connectivity index (χ4v) is 2.23. The number of hydrogen-bond donors (Lipinski definition) is 1. The van der Waals surface area contributed by atoms with Gasteiger partial charge in [0.25, 0.3) is 0 Å². The van der Waals surface area contributed by atoms with E-state index in [1.165, 1.54) is 11.6 Å². The monoisotopic (exact) mass is 235 g/mol. The molecule has 0 aliphatic rings. The molecule has 1 aromatic carbocycles. The molecule has 3 heteroatoms. The molecule has 0 atom stereocenters. The third-order valence-electron chi connectivity index (χ3n) is 2.54. The van der Waals surface area contributed by atoms with Crippen molar-refractivity contribution in [2.45, 2.75) is 20.0 Å². The summed E-state index contributed by atoms with van der Waals surface area (Å²) in [5.74, 6) is -0.169. The lowest BCUT2D eigenvalue weighted by Crippen LogP contribution is -2.13. The summed E-state index contributed by atoms with van der Waals surface area (Å²) in [6.07, 6.45) is 0. The highest BCUT2D eigenvalue weighted by atomic mass is 32.1. The zero-order valence-electron chi connectivity index (χ0n) is 9.16. The smallest absolute Gasteiger partial charge is 0.123 e. The van der Waals surface area contributed by atoms with E-state index in [2.05, 4.69) is 22.1 Å². The molecule has 0 saturated carbocycles. The molecule has 0 aliphatic heterocycles. The SMILES string of the molecule is Cc1ccc(F)cc1CNCc1ccsc1. The predicted octanol–water partition coefficient (Wildman–Crippen LogP) is 3.49. The zero-order valence-corrected chi connectivity index (χ0v) is 9.98. The summed E-state index contributed by atoms with van der Waals surface area (Å²) in [5.41, 5.74) is 3.42. The first-order chi connectivity index (χ1) is 7.75. The number of thiophene rings is 1. The van der Waals surface area contributed by atoms with Gasteiger partial charge in [-0.25, -0.2) is 4.39 Å². The fourth-order valence-electron chi connectivity index (χ4n) is 1.57. The first-order valence-electron chi connectivity index (χ1n) is 5.22. The molecule has 16 heavy (non-hydrogen) atoms. The molecule has 1 heterocycles. The van der Waals surface area contributed by atoms with Crippen molar-refractivity contribution in [3.8, 4) is 0 Å². The summed E-state index contributed by atoms with van der Waals surface area (Å²) < 4.78 is 13.0. The third kappa shape index (κ3) is 2.90. The molecule has 0 bridgehead atoms. The van der Waals surface area contributed by atoms with Crippen LogP contribution >= 0.6 is 11.3 Å². The lowest BCUT2D eigenvalue weighted by molar-refractivity contribution is 0.619. The molecule has 0 fully saturated rings. The normalized spacial score (nSPS) is 10.6. The van der Waals surface area contributed by atoms with Gasteiger partial charge >= 0.3 is 0 Å². The van der Waals surface area contributed by atoms with Crippen LogP contribution in [-0.2, 0) is 13.1 Å². The molecule has 1 N–H and O–H groups in total. The standard InChI is InChI=1S/C13H14FNS/c1-10-2-3-13(14)6-12(10)8-15-7-11-4-5-16-9-11/h2-6,9,15H,7-8H2,1H3. The van der Waals surface area contributed by atoms with Crippen LogP contribution in [-0.4, -0.2) is 0 Å². The average Bonchev–Trinajstić information content (AvgIpc) is 2.76. The molecular formula is C13H14FNS. The van der Waals surface area contributed by atoms with Gasteiger partial charge < -0.3 is 5.32 Å². The Morgan fingerprint density at radius 1 is 1.25 bits per heavy atom. The number of halogens is 1. The van der Waals surface area contributed by atoms with Crippen LogP contribution in [0.1, 0.15) is 16.7 Å². The van der Waals surface area contributed by atoms with Crippen LogP contribution in [0, 0.1) is 12.7 Å². The molecule has 0 spiro atoms. The molecule has 0 radical (unpaired) electrons. The van der Waals surface area contributed by atoms with Gasteiger partial charge in [0, 0.05) is 13.1 Å². The van der Waals surface area contributed by atoms with Crippen LogP contribution in [0.25, 0.3) is 0 Å². The van der Waals surface area contributed by atoms with Gasteiger partial charge in [-0.3, -0.25) is 0 Å². The highest BCUT2D eigenvalue weighted by Gasteiger charge is 2.00. The van der Waals surface area contributed by atoms with Crippen LogP contribution in [0.3, 0.4) is 0 Å². The Balaban J connectivity index is 1.92. The Morgan fingerprint density at radius 2 is 2.12 bits per heavy atom. The summed E-state index contributed by atoms with van der Waals surface area (Å²) in [6, 6.07) is 7.00. The van der Waals surface area contributed by atoms with Gasteiger partial charge in [-0.1, -0.05) is 6.07 Å². The van der Waals surface area contributed by atoms with Crippen molar-refractivity contribution in [2.75, 3.05) is 0 Å². The number of rotatable bonds is 4. The molecule has 1 nitrogen and oxygen atoms in total. The average molecular weight is 235 g/mol. The molecule has 2 aromatic rings. The van der Waals surface area contributed by atoms with Crippen LogP contribution in [0.4, 0.5) is 4.39 Å². The van der Waals surface area contributed by atoms with Gasteiger partial charge in [0.05, 0.1) is 0 Å². The molecule has 0 amide bonds. The van der Waals surface area contributed by atoms with Gasteiger partial charge in [0.2, 0.25) is 0 Å². The molecule has 0 unspecified atom stereocenters. The number of benzene rings is 1. The molecule has 0 aliphatic carbocycles. The largest absolute Gasteiger partial charge is 0.309 e. The number of hydrogen-bond acceptors (Lipinski definition) is 2. The van der Waals surface area contributed by atoms with Gasteiger partial charge in [-0.15, -0.1) is 0 Å². The van der Waals surface area contributed by atoms with Crippen LogP contribution < -0.4 is 5.32 Å². The fraction of sp³-hybridized carbons (Fsp3) is 0.231. The topological polar surface area (TPSA) is 12.0 Å². The second-order valence-electron chi connectivity index (χ2n) is 3.81. The summed E-state index contributed by atoms with van der Waals surface area (Å²) >= 11 is 1.69. The minimum Gasteiger partial charge on any atom is -0.309 e.